The molecule has 1 atom stereocenters. The van der Waals surface area contributed by atoms with Gasteiger partial charge in [-0.3, -0.25) is 4.79 Å². The molecule has 0 saturated carbocycles. The van der Waals surface area contributed by atoms with Gasteiger partial charge in [0, 0.05) is 24.6 Å². The summed E-state index contributed by atoms with van der Waals surface area (Å²) < 4.78 is 64.1. The number of hydrogen-bond acceptors (Lipinski definition) is 3. The molecule has 1 fully saturated rings. The van der Waals surface area contributed by atoms with Gasteiger partial charge in [0.1, 0.15) is 0 Å². The lowest BCUT2D eigenvalue weighted by Crippen LogP contribution is -2.45. The zero-order valence-corrected chi connectivity index (χ0v) is 14.3. The molecule has 0 bridgehead atoms. The van der Waals surface area contributed by atoms with Gasteiger partial charge in [-0.2, -0.15) is 13.2 Å². The van der Waals surface area contributed by atoms with Crippen LogP contribution in [0, 0.1) is 5.92 Å². The van der Waals surface area contributed by atoms with Crippen molar-refractivity contribution in [1.82, 2.24) is 4.31 Å². The van der Waals surface area contributed by atoms with Crippen molar-refractivity contribution in [2.45, 2.75) is 38.1 Å². The molecule has 1 unspecified atom stereocenters. The fourth-order valence-electron chi connectivity index (χ4n) is 2.77. The van der Waals surface area contributed by atoms with Crippen molar-refractivity contribution in [2.75, 3.05) is 13.1 Å². The lowest BCUT2D eigenvalue weighted by molar-refractivity contribution is -0.137. The highest BCUT2D eigenvalue weighted by Gasteiger charge is 2.35. The molecule has 1 aliphatic heterocycles. The molecular formula is C16H20F3NO3S. The molecule has 8 heteroatoms. The maximum Gasteiger partial charge on any atom is 0.416 e. The number of hydrogen-bond donors (Lipinski definition) is 0. The Morgan fingerprint density at radius 3 is 2.54 bits per heavy atom. The van der Waals surface area contributed by atoms with Crippen molar-refractivity contribution in [2.24, 2.45) is 5.92 Å². The van der Waals surface area contributed by atoms with E-state index in [9.17, 15) is 26.4 Å². The van der Waals surface area contributed by atoms with E-state index >= 15 is 0 Å². The minimum absolute atomic E-state index is 0.0234. The average molecular weight is 363 g/mol. The van der Waals surface area contributed by atoms with Crippen molar-refractivity contribution < 1.29 is 26.4 Å². The van der Waals surface area contributed by atoms with E-state index < -0.39 is 38.7 Å². The van der Waals surface area contributed by atoms with Gasteiger partial charge in [0.05, 0.1) is 10.8 Å². The highest BCUT2D eigenvalue weighted by molar-refractivity contribution is 7.89. The fraction of sp³-hybridized carbons (Fsp3) is 0.562. The van der Waals surface area contributed by atoms with Crippen LogP contribution in [0.25, 0.3) is 0 Å². The number of rotatable bonds is 4. The third-order valence-electron chi connectivity index (χ3n) is 4.18. The van der Waals surface area contributed by atoms with E-state index in [1.165, 1.54) is 16.4 Å². The van der Waals surface area contributed by atoms with Crippen LogP contribution in [0.4, 0.5) is 13.2 Å². The highest BCUT2D eigenvalue weighted by atomic mass is 32.2. The van der Waals surface area contributed by atoms with Gasteiger partial charge in [-0.25, -0.2) is 12.7 Å². The second-order valence-corrected chi connectivity index (χ2v) is 8.72. The van der Waals surface area contributed by atoms with Crippen molar-refractivity contribution >= 4 is 15.8 Å². The molecule has 2 rings (SSSR count). The van der Waals surface area contributed by atoms with E-state index in [4.69, 9.17) is 0 Å². The summed E-state index contributed by atoms with van der Waals surface area (Å²) >= 11 is 0. The second kappa shape index (κ2) is 6.84. The van der Waals surface area contributed by atoms with Crippen LogP contribution in [-0.4, -0.2) is 36.8 Å². The van der Waals surface area contributed by atoms with E-state index in [1.54, 1.807) is 13.8 Å². The Hall–Kier alpha value is -1.41. The van der Waals surface area contributed by atoms with E-state index in [1.807, 2.05) is 0 Å². The molecule has 0 aromatic heterocycles. The zero-order chi connectivity index (χ0) is 18.1. The van der Waals surface area contributed by atoms with Gasteiger partial charge in [0.15, 0.2) is 5.78 Å². The smallest absolute Gasteiger partial charge is 0.294 e. The number of Topliss-reactive ketones (excluding diaryl/α,β-unsaturated/α-hetero) is 1. The molecule has 0 spiro atoms. The first-order valence-electron chi connectivity index (χ1n) is 7.74. The van der Waals surface area contributed by atoms with Gasteiger partial charge in [0.25, 0.3) is 0 Å². The Balaban J connectivity index is 2.21. The summed E-state index contributed by atoms with van der Waals surface area (Å²) in [7, 11) is -3.48. The normalized spacial score (nSPS) is 20.3. The molecule has 1 aromatic rings. The molecule has 0 aliphatic carbocycles. The Labute approximate surface area is 139 Å². The first kappa shape index (κ1) is 18.9. The third kappa shape index (κ3) is 3.97. The Morgan fingerprint density at radius 1 is 1.29 bits per heavy atom. The van der Waals surface area contributed by atoms with Crippen LogP contribution in [0.15, 0.2) is 24.3 Å². The molecular weight excluding hydrogens is 343 g/mol. The summed E-state index contributed by atoms with van der Waals surface area (Å²) in [5.41, 5.74) is -0.908. The average Bonchev–Trinajstić information content (AvgIpc) is 2.53. The monoisotopic (exact) mass is 363 g/mol. The SMILES string of the molecule is CC(C)S(=O)(=O)N1CCCC(C(=O)c2cccc(C(F)(F)F)c2)C1. The predicted octanol–water partition coefficient (Wildman–Crippen LogP) is 3.34. The second-order valence-electron chi connectivity index (χ2n) is 6.23. The van der Waals surface area contributed by atoms with E-state index in [0.717, 1.165) is 12.1 Å². The van der Waals surface area contributed by atoms with Gasteiger partial charge >= 0.3 is 6.18 Å². The van der Waals surface area contributed by atoms with Gasteiger partial charge in [-0.1, -0.05) is 12.1 Å². The van der Waals surface area contributed by atoms with Crippen molar-refractivity contribution in [1.29, 1.82) is 0 Å². The van der Waals surface area contributed by atoms with Crippen LogP contribution in [0.3, 0.4) is 0 Å². The summed E-state index contributed by atoms with van der Waals surface area (Å²) in [4.78, 5) is 12.5. The number of benzene rings is 1. The summed E-state index contributed by atoms with van der Waals surface area (Å²) in [5.74, 6) is -1.06. The lowest BCUT2D eigenvalue weighted by atomic mass is 9.90. The van der Waals surface area contributed by atoms with Crippen LogP contribution < -0.4 is 0 Å². The van der Waals surface area contributed by atoms with Crippen LogP contribution in [0.5, 0.6) is 0 Å². The summed E-state index contributed by atoms with van der Waals surface area (Å²) in [5, 5.41) is -0.597. The molecule has 1 aliphatic rings. The number of carbonyl (C=O) groups is 1. The maximum absolute atomic E-state index is 12.8. The zero-order valence-electron chi connectivity index (χ0n) is 13.5. The Morgan fingerprint density at radius 2 is 1.96 bits per heavy atom. The number of sulfonamides is 1. The number of carbonyl (C=O) groups excluding carboxylic acids is 1. The van der Waals surface area contributed by atoms with Gasteiger partial charge in [0.2, 0.25) is 10.0 Å². The highest BCUT2D eigenvalue weighted by Crippen LogP contribution is 2.31. The van der Waals surface area contributed by atoms with Crippen LogP contribution >= 0.6 is 0 Å². The molecule has 1 saturated heterocycles. The Bertz CT molecular complexity index is 714. The lowest BCUT2D eigenvalue weighted by Gasteiger charge is -2.32. The van der Waals surface area contributed by atoms with Crippen molar-refractivity contribution in [3.63, 3.8) is 0 Å². The van der Waals surface area contributed by atoms with Crippen LogP contribution in [0.2, 0.25) is 0 Å². The molecule has 1 aromatic carbocycles. The molecule has 1 heterocycles. The van der Waals surface area contributed by atoms with Crippen LogP contribution in [0.1, 0.15) is 42.6 Å². The number of halogens is 3. The summed E-state index contributed by atoms with van der Waals surface area (Å²) in [6, 6.07) is 4.28. The van der Waals surface area contributed by atoms with Gasteiger partial charge < -0.3 is 0 Å². The van der Waals surface area contributed by atoms with Gasteiger partial charge in [-0.05, 0) is 38.8 Å². The van der Waals surface area contributed by atoms with Gasteiger partial charge in [-0.15, -0.1) is 0 Å². The third-order valence-corrected chi connectivity index (χ3v) is 6.43. The van der Waals surface area contributed by atoms with E-state index in [-0.39, 0.29) is 12.1 Å². The number of nitrogens with zero attached hydrogens (tertiary/aromatic N) is 1. The summed E-state index contributed by atoms with van der Waals surface area (Å²) in [6.07, 6.45) is -3.53. The molecule has 134 valence electrons. The number of piperidine rings is 1. The largest absolute Gasteiger partial charge is 0.416 e. The first-order chi connectivity index (χ1) is 11.0. The predicted molar refractivity (Wildman–Crippen MR) is 84.1 cm³/mol. The number of alkyl halides is 3. The summed E-state index contributed by atoms with van der Waals surface area (Å²) in [6.45, 7) is 3.49. The maximum atomic E-state index is 12.8. The Kier molecular flexibility index (Phi) is 5.39. The molecule has 24 heavy (non-hydrogen) atoms. The molecule has 0 N–H and O–H groups in total. The molecule has 0 amide bonds. The van der Waals surface area contributed by atoms with Crippen molar-refractivity contribution in [3.05, 3.63) is 35.4 Å². The van der Waals surface area contributed by atoms with E-state index in [2.05, 4.69) is 0 Å². The fourth-order valence-corrected chi connectivity index (χ4v) is 4.14. The number of ketones is 1. The first-order valence-corrected chi connectivity index (χ1v) is 9.24. The molecule has 0 radical (unpaired) electrons. The quantitative estimate of drug-likeness (QED) is 0.771. The van der Waals surface area contributed by atoms with E-state index in [0.29, 0.717) is 19.4 Å². The minimum atomic E-state index is -4.52. The standard InChI is InChI=1S/C16H20F3NO3S/c1-11(2)24(22,23)20-8-4-6-13(10-20)15(21)12-5-3-7-14(9-12)16(17,18)19/h3,5,7,9,11,13H,4,6,8,10H2,1-2H3. The topological polar surface area (TPSA) is 54.5 Å². The minimum Gasteiger partial charge on any atom is -0.294 e. The molecule has 4 nitrogen and oxygen atoms in total. The van der Waals surface area contributed by atoms with Crippen LogP contribution in [-0.2, 0) is 16.2 Å². The van der Waals surface area contributed by atoms with Crippen molar-refractivity contribution in [3.8, 4) is 0 Å².